The summed E-state index contributed by atoms with van der Waals surface area (Å²) in [7, 11) is 0. The average molecular weight is 374 g/mol. The molecule has 0 radical (unpaired) electrons. The van der Waals surface area contributed by atoms with Crippen molar-refractivity contribution in [3.63, 3.8) is 0 Å². The van der Waals surface area contributed by atoms with E-state index in [2.05, 4.69) is 54.7 Å². The number of amides is 1. The highest BCUT2D eigenvalue weighted by molar-refractivity contribution is 8.00. The van der Waals surface area contributed by atoms with Crippen molar-refractivity contribution >= 4 is 17.7 Å². The second kappa shape index (κ2) is 9.26. The van der Waals surface area contributed by atoms with Gasteiger partial charge in [0, 0.05) is 18.8 Å². The van der Waals surface area contributed by atoms with Crippen molar-refractivity contribution in [2.75, 3.05) is 6.54 Å². The standard InChI is InChI=1S/C21H31N3OS/c1-14(2)13-24-17(5)16(4)23-21(24)26-18(6)20(25)22-12-15(3)19-10-8-7-9-11-19/h7-11,14-15,18H,12-13H2,1-6H3,(H,22,25). The van der Waals surface area contributed by atoms with E-state index in [1.54, 1.807) is 11.8 Å². The summed E-state index contributed by atoms with van der Waals surface area (Å²) < 4.78 is 2.24. The summed E-state index contributed by atoms with van der Waals surface area (Å²) in [5.41, 5.74) is 3.47. The molecule has 2 aromatic rings. The number of aromatic nitrogens is 2. The summed E-state index contributed by atoms with van der Waals surface area (Å²) in [5, 5.41) is 3.85. The molecule has 4 nitrogen and oxygen atoms in total. The number of thioether (sulfide) groups is 1. The Morgan fingerprint density at radius 3 is 2.42 bits per heavy atom. The molecule has 5 heteroatoms. The van der Waals surface area contributed by atoms with Crippen LogP contribution in [0.15, 0.2) is 35.5 Å². The molecule has 0 aliphatic carbocycles. The van der Waals surface area contributed by atoms with Crippen LogP contribution in [0, 0.1) is 19.8 Å². The Bertz CT molecular complexity index is 724. The highest BCUT2D eigenvalue weighted by Gasteiger charge is 2.20. The number of nitrogens with one attached hydrogen (secondary N) is 1. The maximum atomic E-state index is 12.5. The average Bonchev–Trinajstić information content (AvgIpc) is 2.87. The summed E-state index contributed by atoms with van der Waals surface area (Å²) >= 11 is 1.54. The lowest BCUT2D eigenvalue weighted by molar-refractivity contribution is -0.120. The van der Waals surface area contributed by atoms with Crippen LogP contribution in [0.25, 0.3) is 0 Å². The smallest absolute Gasteiger partial charge is 0.233 e. The fourth-order valence-electron chi connectivity index (χ4n) is 2.80. The molecule has 142 valence electrons. The van der Waals surface area contributed by atoms with Crippen LogP contribution in [0.5, 0.6) is 0 Å². The molecule has 2 rings (SSSR count). The van der Waals surface area contributed by atoms with Crippen LogP contribution in [0.1, 0.15) is 50.6 Å². The van der Waals surface area contributed by atoms with E-state index in [1.165, 1.54) is 11.3 Å². The Morgan fingerprint density at radius 2 is 1.81 bits per heavy atom. The maximum Gasteiger partial charge on any atom is 0.233 e. The van der Waals surface area contributed by atoms with Gasteiger partial charge in [-0.15, -0.1) is 0 Å². The second-order valence-corrected chi connectivity index (χ2v) is 8.69. The van der Waals surface area contributed by atoms with E-state index in [-0.39, 0.29) is 11.2 Å². The molecule has 0 aliphatic heterocycles. The summed E-state index contributed by atoms with van der Waals surface area (Å²) in [5.74, 6) is 0.898. The fraction of sp³-hybridized carbons (Fsp3) is 0.524. The first-order valence-electron chi connectivity index (χ1n) is 9.32. The van der Waals surface area contributed by atoms with E-state index in [9.17, 15) is 4.79 Å². The summed E-state index contributed by atoms with van der Waals surface area (Å²) in [4.78, 5) is 17.2. The number of nitrogens with zero attached hydrogens (tertiary/aromatic N) is 2. The lowest BCUT2D eigenvalue weighted by Crippen LogP contribution is -2.33. The molecule has 0 aliphatic rings. The Morgan fingerprint density at radius 1 is 1.15 bits per heavy atom. The number of hydrogen-bond donors (Lipinski definition) is 1. The zero-order valence-electron chi connectivity index (χ0n) is 16.7. The van der Waals surface area contributed by atoms with Gasteiger partial charge in [0.05, 0.1) is 10.9 Å². The molecule has 1 aromatic carbocycles. The molecule has 2 unspecified atom stereocenters. The van der Waals surface area contributed by atoms with Gasteiger partial charge < -0.3 is 9.88 Å². The molecule has 1 heterocycles. The van der Waals surface area contributed by atoms with Crippen molar-refractivity contribution in [1.29, 1.82) is 0 Å². The van der Waals surface area contributed by atoms with E-state index in [0.29, 0.717) is 18.4 Å². The maximum absolute atomic E-state index is 12.5. The van der Waals surface area contributed by atoms with E-state index in [1.807, 2.05) is 32.0 Å². The van der Waals surface area contributed by atoms with E-state index in [4.69, 9.17) is 0 Å². The number of aryl methyl sites for hydroxylation is 1. The molecule has 2 atom stereocenters. The van der Waals surface area contributed by atoms with Crippen LogP contribution in [-0.4, -0.2) is 27.3 Å². The monoisotopic (exact) mass is 373 g/mol. The van der Waals surface area contributed by atoms with E-state index < -0.39 is 0 Å². The van der Waals surface area contributed by atoms with Crippen molar-refractivity contribution in [1.82, 2.24) is 14.9 Å². The van der Waals surface area contributed by atoms with E-state index in [0.717, 1.165) is 17.4 Å². The van der Waals surface area contributed by atoms with Crippen LogP contribution in [0.4, 0.5) is 0 Å². The second-order valence-electron chi connectivity index (χ2n) is 7.39. The zero-order valence-corrected chi connectivity index (χ0v) is 17.6. The topological polar surface area (TPSA) is 46.9 Å². The molecule has 0 bridgehead atoms. The highest BCUT2D eigenvalue weighted by atomic mass is 32.2. The molecule has 0 spiro atoms. The van der Waals surface area contributed by atoms with Crippen LogP contribution >= 0.6 is 11.8 Å². The van der Waals surface area contributed by atoms with Gasteiger partial charge in [-0.25, -0.2) is 4.98 Å². The number of benzene rings is 1. The highest BCUT2D eigenvalue weighted by Crippen LogP contribution is 2.26. The van der Waals surface area contributed by atoms with Gasteiger partial charge in [-0.2, -0.15) is 0 Å². The van der Waals surface area contributed by atoms with Gasteiger partial charge in [-0.3, -0.25) is 4.79 Å². The molecule has 0 fully saturated rings. The number of rotatable bonds is 8. The molecule has 1 N–H and O–H groups in total. The molecule has 0 saturated heterocycles. The first-order chi connectivity index (χ1) is 12.3. The van der Waals surface area contributed by atoms with Crippen molar-refractivity contribution in [2.24, 2.45) is 5.92 Å². The van der Waals surface area contributed by atoms with Gasteiger partial charge >= 0.3 is 0 Å². The molecule has 0 saturated carbocycles. The summed E-state index contributed by atoms with van der Waals surface area (Å²) in [6.45, 7) is 14.2. The third kappa shape index (κ3) is 5.37. The fourth-order valence-corrected chi connectivity index (χ4v) is 3.84. The minimum atomic E-state index is -0.176. The van der Waals surface area contributed by atoms with Crippen molar-refractivity contribution in [2.45, 2.75) is 64.4 Å². The predicted octanol–water partition coefficient (Wildman–Crippen LogP) is 4.56. The van der Waals surface area contributed by atoms with Crippen LogP contribution in [0.3, 0.4) is 0 Å². The first-order valence-corrected chi connectivity index (χ1v) is 10.2. The van der Waals surface area contributed by atoms with Crippen LogP contribution in [-0.2, 0) is 11.3 Å². The van der Waals surface area contributed by atoms with Gasteiger partial charge in [0.25, 0.3) is 0 Å². The lowest BCUT2D eigenvalue weighted by Gasteiger charge is -2.17. The Balaban J connectivity index is 1.96. The van der Waals surface area contributed by atoms with E-state index >= 15 is 0 Å². The largest absolute Gasteiger partial charge is 0.355 e. The van der Waals surface area contributed by atoms with Gasteiger partial charge in [0.1, 0.15) is 0 Å². The molecule has 1 aromatic heterocycles. The van der Waals surface area contributed by atoms with Crippen LogP contribution < -0.4 is 5.32 Å². The minimum absolute atomic E-state index is 0.0622. The van der Waals surface area contributed by atoms with Crippen LogP contribution in [0.2, 0.25) is 0 Å². The third-order valence-electron chi connectivity index (χ3n) is 4.57. The molecular weight excluding hydrogens is 342 g/mol. The summed E-state index contributed by atoms with van der Waals surface area (Å²) in [6.07, 6.45) is 0. The zero-order chi connectivity index (χ0) is 19.3. The first kappa shape index (κ1) is 20.6. The van der Waals surface area contributed by atoms with Gasteiger partial charge in [0.15, 0.2) is 5.16 Å². The number of carbonyl (C=O) groups excluding carboxylic acids is 1. The number of hydrogen-bond acceptors (Lipinski definition) is 3. The Kier molecular flexibility index (Phi) is 7.33. The lowest BCUT2D eigenvalue weighted by atomic mass is 10.0. The Hall–Kier alpha value is -1.75. The minimum Gasteiger partial charge on any atom is -0.355 e. The van der Waals surface area contributed by atoms with Gasteiger partial charge in [-0.1, -0.05) is 62.9 Å². The normalized spacial score (nSPS) is 13.7. The predicted molar refractivity (Wildman–Crippen MR) is 110 cm³/mol. The van der Waals surface area contributed by atoms with Crippen molar-refractivity contribution < 1.29 is 4.79 Å². The van der Waals surface area contributed by atoms with Gasteiger partial charge in [0.2, 0.25) is 5.91 Å². The molecule has 1 amide bonds. The third-order valence-corrected chi connectivity index (χ3v) is 5.66. The number of imidazole rings is 1. The molecular formula is C21H31N3OS. The Labute approximate surface area is 161 Å². The van der Waals surface area contributed by atoms with Gasteiger partial charge in [-0.05, 0) is 38.2 Å². The molecule has 26 heavy (non-hydrogen) atoms. The van der Waals surface area contributed by atoms with Crippen molar-refractivity contribution in [3.8, 4) is 0 Å². The summed E-state index contributed by atoms with van der Waals surface area (Å²) in [6, 6.07) is 10.3. The quantitative estimate of drug-likeness (QED) is 0.690. The number of carbonyl (C=O) groups is 1. The van der Waals surface area contributed by atoms with Crippen molar-refractivity contribution in [3.05, 3.63) is 47.3 Å². The SMILES string of the molecule is Cc1nc(SC(C)C(=O)NCC(C)c2ccccc2)n(CC(C)C)c1C.